The fourth-order valence-electron chi connectivity index (χ4n) is 2.23. The van der Waals surface area contributed by atoms with Crippen LogP contribution in [0.15, 0.2) is 77.0 Å². The van der Waals surface area contributed by atoms with Crippen molar-refractivity contribution in [3.8, 4) is 0 Å². The second kappa shape index (κ2) is 8.69. The highest BCUT2D eigenvalue weighted by molar-refractivity contribution is 7.98. The molecule has 0 saturated carbocycles. The monoisotopic (exact) mass is 368 g/mol. The van der Waals surface area contributed by atoms with Gasteiger partial charge in [0.2, 0.25) is 0 Å². The number of carbonyl (C=O) groups is 1. The molecule has 2 aromatic heterocycles. The first kappa shape index (κ1) is 17.5. The summed E-state index contributed by atoms with van der Waals surface area (Å²) < 4.78 is 0. The Balaban J connectivity index is 1.73. The summed E-state index contributed by atoms with van der Waals surface area (Å²) in [7, 11) is 0. The fraction of sp³-hybridized carbons (Fsp3) is 0.105. The Morgan fingerprint density at radius 3 is 1.76 bits per heavy atom. The molecule has 0 fully saturated rings. The summed E-state index contributed by atoms with van der Waals surface area (Å²) in [6.07, 6.45) is 3.51. The van der Waals surface area contributed by atoms with E-state index in [1.54, 1.807) is 48.1 Å². The molecule has 0 aliphatic heterocycles. The smallest absolute Gasteiger partial charge is 0.335 e. The fourth-order valence-corrected chi connectivity index (χ4v) is 3.82. The number of thioether (sulfide) groups is 2. The SMILES string of the molecule is O=C(O)c1cc(CSc2ccccn2)cc(CSc2ccccn2)c1. The zero-order valence-electron chi connectivity index (χ0n) is 13.3. The molecule has 1 aromatic carbocycles. The van der Waals surface area contributed by atoms with Crippen LogP contribution in [0.2, 0.25) is 0 Å². The normalized spacial score (nSPS) is 10.6. The highest BCUT2D eigenvalue weighted by atomic mass is 32.2. The van der Waals surface area contributed by atoms with E-state index in [4.69, 9.17) is 0 Å². The molecule has 6 heteroatoms. The first-order valence-electron chi connectivity index (χ1n) is 7.64. The van der Waals surface area contributed by atoms with Gasteiger partial charge >= 0.3 is 5.97 Å². The van der Waals surface area contributed by atoms with Gasteiger partial charge in [0.25, 0.3) is 0 Å². The molecular formula is C19H16N2O2S2. The van der Waals surface area contributed by atoms with Gasteiger partial charge < -0.3 is 5.11 Å². The van der Waals surface area contributed by atoms with Gasteiger partial charge in [-0.2, -0.15) is 0 Å². The molecule has 0 amide bonds. The average molecular weight is 368 g/mol. The third-order valence-electron chi connectivity index (χ3n) is 3.35. The van der Waals surface area contributed by atoms with Crippen LogP contribution in [0.4, 0.5) is 0 Å². The van der Waals surface area contributed by atoms with Gasteiger partial charge in [-0.05, 0) is 47.5 Å². The predicted octanol–water partition coefficient (Wildman–Crippen LogP) is 4.76. The van der Waals surface area contributed by atoms with Gasteiger partial charge in [0.05, 0.1) is 15.6 Å². The maximum absolute atomic E-state index is 11.4. The number of pyridine rings is 2. The molecular weight excluding hydrogens is 352 g/mol. The van der Waals surface area contributed by atoms with Gasteiger partial charge in [-0.25, -0.2) is 14.8 Å². The summed E-state index contributed by atoms with van der Waals surface area (Å²) in [4.78, 5) is 20.0. The van der Waals surface area contributed by atoms with Crippen molar-refractivity contribution < 1.29 is 9.90 Å². The van der Waals surface area contributed by atoms with Crippen molar-refractivity contribution in [2.45, 2.75) is 21.6 Å². The van der Waals surface area contributed by atoms with E-state index in [1.807, 2.05) is 36.4 Å². The summed E-state index contributed by atoms with van der Waals surface area (Å²) in [6.45, 7) is 0. The molecule has 0 saturated heterocycles. The summed E-state index contributed by atoms with van der Waals surface area (Å²) in [5.74, 6) is 0.451. The van der Waals surface area contributed by atoms with E-state index in [0.29, 0.717) is 17.1 Å². The van der Waals surface area contributed by atoms with Crippen molar-refractivity contribution in [3.05, 3.63) is 83.7 Å². The van der Waals surface area contributed by atoms with Crippen LogP contribution >= 0.6 is 23.5 Å². The Morgan fingerprint density at radius 2 is 1.36 bits per heavy atom. The lowest BCUT2D eigenvalue weighted by Gasteiger charge is -2.08. The first-order valence-corrected chi connectivity index (χ1v) is 9.61. The second-order valence-corrected chi connectivity index (χ2v) is 7.25. The van der Waals surface area contributed by atoms with Crippen molar-refractivity contribution in [2.24, 2.45) is 0 Å². The number of rotatable bonds is 7. The first-order chi connectivity index (χ1) is 12.2. The summed E-state index contributed by atoms with van der Waals surface area (Å²) in [6, 6.07) is 17.0. The topological polar surface area (TPSA) is 63.1 Å². The average Bonchev–Trinajstić information content (AvgIpc) is 2.66. The van der Waals surface area contributed by atoms with Gasteiger partial charge in [0.1, 0.15) is 0 Å². The molecule has 126 valence electrons. The van der Waals surface area contributed by atoms with Crippen LogP contribution in [0.25, 0.3) is 0 Å². The van der Waals surface area contributed by atoms with Crippen LogP contribution in [0.3, 0.4) is 0 Å². The molecule has 4 nitrogen and oxygen atoms in total. The molecule has 25 heavy (non-hydrogen) atoms. The Morgan fingerprint density at radius 1 is 0.840 bits per heavy atom. The number of hydrogen-bond donors (Lipinski definition) is 1. The van der Waals surface area contributed by atoms with Crippen LogP contribution in [0.5, 0.6) is 0 Å². The van der Waals surface area contributed by atoms with Crippen molar-refractivity contribution in [2.75, 3.05) is 0 Å². The number of aromatic nitrogens is 2. The lowest BCUT2D eigenvalue weighted by molar-refractivity contribution is 0.0696. The molecule has 3 aromatic rings. The zero-order chi connectivity index (χ0) is 17.5. The Hall–Kier alpha value is -2.31. The summed E-state index contributed by atoms with van der Waals surface area (Å²) >= 11 is 3.19. The Labute approximate surface area is 154 Å². The minimum atomic E-state index is -0.909. The molecule has 1 N–H and O–H groups in total. The summed E-state index contributed by atoms with van der Waals surface area (Å²) in [5, 5.41) is 11.2. The Kier molecular flexibility index (Phi) is 6.09. The zero-order valence-corrected chi connectivity index (χ0v) is 15.0. The number of carboxylic acid groups (broad SMARTS) is 1. The molecule has 0 spiro atoms. The van der Waals surface area contributed by atoms with Crippen molar-refractivity contribution in [3.63, 3.8) is 0 Å². The van der Waals surface area contributed by atoms with E-state index in [0.717, 1.165) is 21.2 Å². The number of benzene rings is 1. The standard InChI is InChI=1S/C19H16N2O2S2/c22-19(23)16-10-14(12-24-17-5-1-3-7-20-17)9-15(11-16)13-25-18-6-2-4-8-21-18/h1-11H,12-13H2,(H,22,23). The van der Waals surface area contributed by atoms with Crippen molar-refractivity contribution >= 4 is 29.5 Å². The van der Waals surface area contributed by atoms with Gasteiger partial charge in [-0.15, -0.1) is 23.5 Å². The van der Waals surface area contributed by atoms with E-state index < -0.39 is 5.97 Å². The van der Waals surface area contributed by atoms with Crippen LogP contribution < -0.4 is 0 Å². The van der Waals surface area contributed by atoms with E-state index >= 15 is 0 Å². The van der Waals surface area contributed by atoms with Crippen molar-refractivity contribution in [1.29, 1.82) is 0 Å². The maximum Gasteiger partial charge on any atom is 0.335 e. The van der Waals surface area contributed by atoms with Gasteiger partial charge in [0.15, 0.2) is 0 Å². The second-order valence-electron chi connectivity index (χ2n) is 5.26. The largest absolute Gasteiger partial charge is 0.478 e. The highest BCUT2D eigenvalue weighted by Gasteiger charge is 2.09. The third-order valence-corrected chi connectivity index (χ3v) is 5.38. The Bertz CT molecular complexity index is 781. The van der Waals surface area contributed by atoms with Crippen molar-refractivity contribution in [1.82, 2.24) is 9.97 Å². The molecule has 0 aliphatic rings. The van der Waals surface area contributed by atoms with E-state index in [-0.39, 0.29) is 0 Å². The number of hydrogen-bond acceptors (Lipinski definition) is 5. The van der Waals surface area contributed by atoms with E-state index in [1.165, 1.54) is 0 Å². The molecule has 3 rings (SSSR count). The van der Waals surface area contributed by atoms with Gasteiger partial charge in [-0.1, -0.05) is 18.2 Å². The minimum Gasteiger partial charge on any atom is -0.478 e. The van der Waals surface area contributed by atoms with E-state index in [2.05, 4.69) is 16.0 Å². The van der Waals surface area contributed by atoms with Gasteiger partial charge in [0, 0.05) is 23.9 Å². The maximum atomic E-state index is 11.4. The quantitative estimate of drug-likeness (QED) is 0.607. The third kappa shape index (κ3) is 5.34. The van der Waals surface area contributed by atoms with E-state index in [9.17, 15) is 9.90 Å². The molecule has 0 atom stereocenters. The molecule has 0 aliphatic carbocycles. The highest BCUT2D eigenvalue weighted by Crippen LogP contribution is 2.25. The minimum absolute atomic E-state index is 0.316. The van der Waals surface area contributed by atoms with Crippen LogP contribution in [0.1, 0.15) is 21.5 Å². The predicted molar refractivity (Wildman–Crippen MR) is 101 cm³/mol. The number of carboxylic acids is 1. The molecule has 0 unspecified atom stereocenters. The lowest BCUT2D eigenvalue weighted by Crippen LogP contribution is -1.99. The molecule has 0 radical (unpaired) electrons. The van der Waals surface area contributed by atoms with Gasteiger partial charge in [-0.3, -0.25) is 0 Å². The molecule has 2 heterocycles. The molecule has 0 bridgehead atoms. The summed E-state index contributed by atoms with van der Waals surface area (Å²) in [5.41, 5.74) is 2.27. The number of aromatic carboxylic acids is 1. The van der Waals surface area contributed by atoms with Crippen LogP contribution in [-0.2, 0) is 11.5 Å². The van der Waals surface area contributed by atoms with Crippen LogP contribution in [-0.4, -0.2) is 21.0 Å². The van der Waals surface area contributed by atoms with Crippen LogP contribution in [0, 0.1) is 0 Å². The lowest BCUT2D eigenvalue weighted by atomic mass is 10.1. The number of nitrogens with zero attached hydrogens (tertiary/aromatic N) is 2.